The monoisotopic (exact) mass is 310 g/mol. The first kappa shape index (κ1) is 15.4. The molecule has 0 saturated heterocycles. The number of hydrogen-bond acceptors (Lipinski definition) is 2. The second-order valence-electron chi connectivity index (χ2n) is 6.13. The third-order valence-corrected chi connectivity index (χ3v) is 4.06. The molecule has 2 N–H and O–H groups in total. The van der Waals surface area contributed by atoms with Crippen molar-refractivity contribution in [3.63, 3.8) is 0 Å². The Balaban J connectivity index is 1.60. The molecule has 120 valence electrons. The lowest BCUT2D eigenvalue weighted by Crippen LogP contribution is -2.40. The van der Waals surface area contributed by atoms with Crippen LogP contribution in [0, 0.1) is 5.92 Å². The molecule has 1 aliphatic rings. The van der Waals surface area contributed by atoms with E-state index in [1.807, 2.05) is 47.4 Å². The molecule has 0 bridgehead atoms. The highest BCUT2D eigenvalue weighted by atomic mass is 16.3. The van der Waals surface area contributed by atoms with Gasteiger partial charge in [-0.25, -0.2) is 4.79 Å². The molecule has 0 atom stereocenters. The number of phenols is 1. The molecule has 0 heterocycles. The van der Waals surface area contributed by atoms with Crippen molar-refractivity contribution in [1.29, 1.82) is 0 Å². The molecule has 4 heteroatoms. The number of carbonyl (C=O) groups excluding carboxylic acids is 1. The number of nitrogens with zero attached hydrogens (tertiary/aromatic N) is 1. The maximum Gasteiger partial charge on any atom is 0.317 e. The highest BCUT2D eigenvalue weighted by Gasteiger charge is 2.26. The smallest absolute Gasteiger partial charge is 0.317 e. The fourth-order valence-electron chi connectivity index (χ4n) is 2.54. The molecule has 1 saturated carbocycles. The maximum absolute atomic E-state index is 12.5. The Bertz CT molecular complexity index is 636. The van der Waals surface area contributed by atoms with E-state index in [2.05, 4.69) is 5.32 Å². The zero-order valence-electron chi connectivity index (χ0n) is 13.1. The van der Waals surface area contributed by atoms with Gasteiger partial charge in [-0.05, 0) is 42.0 Å². The molecule has 23 heavy (non-hydrogen) atoms. The van der Waals surface area contributed by atoms with Gasteiger partial charge in [0.25, 0.3) is 0 Å². The zero-order valence-corrected chi connectivity index (χ0v) is 13.1. The molecular weight excluding hydrogens is 288 g/mol. The van der Waals surface area contributed by atoms with Crippen LogP contribution < -0.4 is 5.32 Å². The standard InChI is InChI=1S/C19H22N2O2/c22-18-10-8-17(9-11-18)14-21(13-16-6-7-16)19(23)20-12-15-4-2-1-3-5-15/h1-5,8-11,16,22H,6-7,12-14H2,(H,20,23). The van der Waals surface area contributed by atoms with Gasteiger partial charge in [0.15, 0.2) is 0 Å². The van der Waals surface area contributed by atoms with Crippen LogP contribution in [0.15, 0.2) is 54.6 Å². The summed E-state index contributed by atoms with van der Waals surface area (Å²) in [4.78, 5) is 14.4. The molecule has 3 rings (SSSR count). The minimum Gasteiger partial charge on any atom is -0.508 e. The average Bonchev–Trinajstić information content (AvgIpc) is 3.39. The van der Waals surface area contributed by atoms with E-state index in [4.69, 9.17) is 0 Å². The number of hydrogen-bond donors (Lipinski definition) is 2. The van der Waals surface area contributed by atoms with Crippen LogP contribution in [-0.2, 0) is 13.1 Å². The van der Waals surface area contributed by atoms with Crippen molar-refractivity contribution < 1.29 is 9.90 Å². The number of amides is 2. The fourth-order valence-corrected chi connectivity index (χ4v) is 2.54. The highest BCUT2D eigenvalue weighted by Crippen LogP contribution is 2.30. The van der Waals surface area contributed by atoms with Crippen molar-refractivity contribution in [2.45, 2.75) is 25.9 Å². The van der Waals surface area contributed by atoms with E-state index < -0.39 is 0 Å². The van der Waals surface area contributed by atoms with E-state index in [1.165, 1.54) is 12.8 Å². The van der Waals surface area contributed by atoms with Crippen LogP contribution in [0.3, 0.4) is 0 Å². The summed E-state index contributed by atoms with van der Waals surface area (Å²) in [5.41, 5.74) is 2.12. The Morgan fingerprint density at radius 3 is 2.39 bits per heavy atom. The molecule has 2 aromatic carbocycles. The highest BCUT2D eigenvalue weighted by molar-refractivity contribution is 5.74. The van der Waals surface area contributed by atoms with Gasteiger partial charge in [-0.1, -0.05) is 42.5 Å². The molecule has 2 aromatic rings. The lowest BCUT2D eigenvalue weighted by atomic mass is 10.2. The topological polar surface area (TPSA) is 52.6 Å². The summed E-state index contributed by atoms with van der Waals surface area (Å²) in [5.74, 6) is 0.880. The predicted molar refractivity (Wildman–Crippen MR) is 89.9 cm³/mol. The normalized spacial score (nSPS) is 13.6. The summed E-state index contributed by atoms with van der Waals surface area (Å²) >= 11 is 0. The predicted octanol–water partition coefficient (Wildman–Crippen LogP) is 3.51. The van der Waals surface area contributed by atoms with Crippen LogP contribution in [0.5, 0.6) is 5.75 Å². The first-order chi connectivity index (χ1) is 11.2. The molecular formula is C19H22N2O2. The molecule has 0 unspecified atom stereocenters. The van der Waals surface area contributed by atoms with Crippen molar-refractivity contribution in [2.75, 3.05) is 6.54 Å². The third kappa shape index (κ3) is 4.74. The summed E-state index contributed by atoms with van der Waals surface area (Å²) in [6.07, 6.45) is 2.41. The van der Waals surface area contributed by atoms with E-state index in [0.29, 0.717) is 19.0 Å². The van der Waals surface area contributed by atoms with Crippen LogP contribution >= 0.6 is 0 Å². The second-order valence-corrected chi connectivity index (χ2v) is 6.13. The van der Waals surface area contributed by atoms with Gasteiger partial charge in [-0.15, -0.1) is 0 Å². The first-order valence-corrected chi connectivity index (χ1v) is 8.05. The van der Waals surface area contributed by atoms with Crippen LogP contribution in [-0.4, -0.2) is 22.6 Å². The van der Waals surface area contributed by atoms with Gasteiger partial charge in [0, 0.05) is 19.6 Å². The van der Waals surface area contributed by atoms with Crippen molar-refractivity contribution in [3.05, 3.63) is 65.7 Å². The summed E-state index contributed by atoms with van der Waals surface area (Å²) in [6.45, 7) is 1.90. The van der Waals surface area contributed by atoms with Crippen molar-refractivity contribution in [2.24, 2.45) is 5.92 Å². The Morgan fingerprint density at radius 1 is 1.04 bits per heavy atom. The minimum absolute atomic E-state index is 0.0335. The van der Waals surface area contributed by atoms with E-state index in [0.717, 1.165) is 17.7 Å². The number of nitrogens with one attached hydrogen (secondary N) is 1. The van der Waals surface area contributed by atoms with Gasteiger partial charge in [0.2, 0.25) is 0 Å². The Kier molecular flexibility index (Phi) is 4.81. The summed E-state index contributed by atoms with van der Waals surface area (Å²) in [7, 11) is 0. The summed E-state index contributed by atoms with van der Waals surface area (Å²) in [5, 5.41) is 12.4. The van der Waals surface area contributed by atoms with Gasteiger partial charge in [-0.3, -0.25) is 0 Å². The molecule has 0 aromatic heterocycles. The quantitative estimate of drug-likeness (QED) is 0.858. The SMILES string of the molecule is O=C(NCc1ccccc1)N(Cc1ccc(O)cc1)CC1CC1. The number of urea groups is 1. The largest absolute Gasteiger partial charge is 0.508 e. The van der Waals surface area contributed by atoms with Crippen LogP contribution in [0.25, 0.3) is 0 Å². The molecule has 4 nitrogen and oxygen atoms in total. The van der Waals surface area contributed by atoms with E-state index in [9.17, 15) is 9.90 Å². The van der Waals surface area contributed by atoms with E-state index >= 15 is 0 Å². The van der Waals surface area contributed by atoms with Gasteiger partial charge < -0.3 is 15.3 Å². The minimum atomic E-state index is -0.0335. The molecule has 1 fully saturated rings. The zero-order chi connectivity index (χ0) is 16.1. The molecule has 0 radical (unpaired) electrons. The summed E-state index contributed by atoms with van der Waals surface area (Å²) < 4.78 is 0. The molecule has 0 aliphatic heterocycles. The lowest BCUT2D eigenvalue weighted by molar-refractivity contribution is 0.192. The van der Waals surface area contributed by atoms with Gasteiger partial charge in [0.1, 0.15) is 5.75 Å². The number of benzene rings is 2. The molecule has 2 amide bonds. The Hall–Kier alpha value is -2.49. The third-order valence-electron chi connectivity index (χ3n) is 4.06. The van der Waals surface area contributed by atoms with Gasteiger partial charge in [0.05, 0.1) is 0 Å². The van der Waals surface area contributed by atoms with Crippen molar-refractivity contribution in [1.82, 2.24) is 10.2 Å². The maximum atomic E-state index is 12.5. The van der Waals surface area contributed by atoms with Gasteiger partial charge >= 0.3 is 6.03 Å². The molecule has 1 aliphatic carbocycles. The number of rotatable bonds is 6. The molecule has 0 spiro atoms. The fraction of sp³-hybridized carbons (Fsp3) is 0.316. The lowest BCUT2D eigenvalue weighted by Gasteiger charge is -2.23. The average molecular weight is 310 g/mol. The summed E-state index contributed by atoms with van der Waals surface area (Å²) in [6, 6.07) is 16.9. The van der Waals surface area contributed by atoms with Gasteiger partial charge in [-0.2, -0.15) is 0 Å². The first-order valence-electron chi connectivity index (χ1n) is 8.05. The van der Waals surface area contributed by atoms with Crippen LogP contribution in [0.2, 0.25) is 0 Å². The number of carbonyl (C=O) groups is 1. The van der Waals surface area contributed by atoms with Crippen LogP contribution in [0.4, 0.5) is 4.79 Å². The van der Waals surface area contributed by atoms with Crippen molar-refractivity contribution in [3.8, 4) is 5.75 Å². The van der Waals surface area contributed by atoms with E-state index in [1.54, 1.807) is 12.1 Å². The number of aromatic hydroxyl groups is 1. The second kappa shape index (κ2) is 7.18. The Labute approximate surface area is 136 Å². The van der Waals surface area contributed by atoms with Crippen molar-refractivity contribution >= 4 is 6.03 Å². The van der Waals surface area contributed by atoms with Crippen LogP contribution in [0.1, 0.15) is 24.0 Å². The van der Waals surface area contributed by atoms with E-state index in [-0.39, 0.29) is 11.8 Å². The Morgan fingerprint density at radius 2 is 1.74 bits per heavy atom. The number of phenolic OH excluding ortho intramolecular Hbond substituents is 1.